The van der Waals surface area contributed by atoms with E-state index < -0.39 is 5.60 Å². The van der Waals surface area contributed by atoms with Crippen molar-refractivity contribution in [2.45, 2.75) is 43.6 Å². The van der Waals surface area contributed by atoms with E-state index in [1.165, 1.54) is 11.1 Å². The number of piperidine rings is 1. The zero-order valence-electron chi connectivity index (χ0n) is 22.5. The molecule has 1 aromatic heterocycles. The molecule has 2 aliphatic heterocycles. The van der Waals surface area contributed by atoms with Crippen LogP contribution in [0.2, 0.25) is 0 Å². The molecule has 3 heterocycles. The van der Waals surface area contributed by atoms with Crippen LogP contribution >= 0.6 is 11.3 Å². The van der Waals surface area contributed by atoms with Crippen LogP contribution < -0.4 is 0 Å². The molecule has 2 fully saturated rings. The Kier molecular flexibility index (Phi) is 7.83. The average Bonchev–Trinajstić information content (AvgIpc) is 3.65. The van der Waals surface area contributed by atoms with Gasteiger partial charge in [0.05, 0.1) is 5.60 Å². The van der Waals surface area contributed by atoms with Gasteiger partial charge in [-0.2, -0.15) is 11.3 Å². The van der Waals surface area contributed by atoms with Gasteiger partial charge in [-0.1, -0.05) is 66.7 Å². The number of nitrogens with zero attached hydrogens (tertiary/aromatic N) is 2. The number of rotatable bonds is 8. The van der Waals surface area contributed by atoms with Crippen LogP contribution in [0.25, 0.3) is 10.8 Å². The molecular weight excluding hydrogens is 500 g/mol. The first kappa shape index (κ1) is 26.2. The summed E-state index contributed by atoms with van der Waals surface area (Å²) in [6.07, 6.45) is 4.57. The summed E-state index contributed by atoms with van der Waals surface area (Å²) in [5.74, 6) is 0.880. The first-order valence-corrected chi connectivity index (χ1v) is 15.3. The van der Waals surface area contributed by atoms with Gasteiger partial charge in [-0.25, -0.2) is 0 Å². The number of hydrogen-bond acceptors (Lipinski definition) is 4. The van der Waals surface area contributed by atoms with Crippen molar-refractivity contribution in [1.82, 2.24) is 9.80 Å². The maximum Gasteiger partial charge on any atom is 0.254 e. The maximum atomic E-state index is 13.8. The van der Waals surface area contributed by atoms with Gasteiger partial charge in [-0.15, -0.1) is 0 Å². The predicted octanol–water partition coefficient (Wildman–Crippen LogP) is 6.61. The van der Waals surface area contributed by atoms with E-state index >= 15 is 0 Å². The van der Waals surface area contributed by atoms with Crippen molar-refractivity contribution in [2.24, 2.45) is 5.92 Å². The number of aryl methyl sites for hydroxylation is 1. The van der Waals surface area contributed by atoms with E-state index in [1.807, 2.05) is 24.3 Å². The summed E-state index contributed by atoms with van der Waals surface area (Å²) in [5, 5.41) is 17.8. The Morgan fingerprint density at radius 3 is 2.49 bits per heavy atom. The Labute approximate surface area is 235 Å². The largest absolute Gasteiger partial charge is 0.390 e. The molecule has 3 aromatic carbocycles. The topological polar surface area (TPSA) is 43.8 Å². The molecule has 0 spiro atoms. The summed E-state index contributed by atoms with van der Waals surface area (Å²) in [5.41, 5.74) is 2.95. The number of benzene rings is 3. The van der Waals surface area contributed by atoms with Crippen molar-refractivity contribution in [3.05, 3.63) is 106 Å². The van der Waals surface area contributed by atoms with Gasteiger partial charge in [0.15, 0.2) is 0 Å². The summed E-state index contributed by atoms with van der Waals surface area (Å²) in [7, 11) is 0. The number of thiophene rings is 1. The standard InChI is InChI=1S/C34H38N2O2S/c37-33(31-14-6-12-27-11-4-5-13-30(27)31)36-23-29(32(24-36)28-15-21-39-25-28)22-35-19-17-34(38,18-20-35)16-7-10-26-8-2-1-3-9-26/h1-6,8-9,11-15,21,25,29,32,38H,7,10,16-20,22-24H2/t29?,32-/m0/s1. The zero-order valence-corrected chi connectivity index (χ0v) is 23.4. The molecular formula is C34H38N2O2S. The van der Waals surface area contributed by atoms with Crippen LogP contribution in [0.5, 0.6) is 0 Å². The van der Waals surface area contributed by atoms with Gasteiger partial charge in [0.25, 0.3) is 5.91 Å². The molecule has 5 heteroatoms. The third-order valence-electron chi connectivity index (χ3n) is 8.95. The minimum atomic E-state index is -0.552. The van der Waals surface area contributed by atoms with Crippen LogP contribution in [0.1, 0.15) is 53.1 Å². The molecule has 2 aliphatic rings. The van der Waals surface area contributed by atoms with Gasteiger partial charge in [0.1, 0.15) is 0 Å². The second-order valence-electron chi connectivity index (χ2n) is 11.5. The number of carbonyl (C=O) groups is 1. The van der Waals surface area contributed by atoms with Gasteiger partial charge >= 0.3 is 0 Å². The Balaban J connectivity index is 1.09. The van der Waals surface area contributed by atoms with Crippen LogP contribution in [0.3, 0.4) is 0 Å². The molecule has 4 aromatic rings. The second-order valence-corrected chi connectivity index (χ2v) is 12.3. The van der Waals surface area contributed by atoms with Gasteiger partial charge in [-0.05, 0) is 82.8 Å². The maximum absolute atomic E-state index is 13.8. The number of carbonyl (C=O) groups excluding carboxylic acids is 1. The summed E-state index contributed by atoms with van der Waals surface area (Å²) in [6, 6.07) is 27.0. The van der Waals surface area contributed by atoms with E-state index in [0.717, 1.165) is 81.2 Å². The van der Waals surface area contributed by atoms with Crippen LogP contribution in [0, 0.1) is 5.92 Å². The summed E-state index contributed by atoms with van der Waals surface area (Å²) >= 11 is 1.74. The number of fused-ring (bicyclic) bond motifs is 1. The zero-order chi connectivity index (χ0) is 26.7. The van der Waals surface area contributed by atoms with Crippen molar-refractivity contribution in [1.29, 1.82) is 0 Å². The average molecular weight is 539 g/mol. The monoisotopic (exact) mass is 538 g/mol. The summed E-state index contributed by atoms with van der Waals surface area (Å²) in [4.78, 5) is 18.4. The van der Waals surface area contributed by atoms with Crippen LogP contribution in [-0.2, 0) is 6.42 Å². The van der Waals surface area contributed by atoms with E-state index in [4.69, 9.17) is 0 Å². The fourth-order valence-electron chi connectivity index (χ4n) is 6.67. The van der Waals surface area contributed by atoms with Crippen LogP contribution in [0.4, 0.5) is 0 Å². The smallest absolute Gasteiger partial charge is 0.254 e. The molecule has 2 atom stereocenters. The van der Waals surface area contributed by atoms with Crippen LogP contribution in [-0.4, -0.2) is 59.1 Å². The van der Waals surface area contributed by atoms with Gasteiger partial charge < -0.3 is 14.9 Å². The number of hydrogen-bond donors (Lipinski definition) is 1. The molecule has 0 aliphatic carbocycles. The Hall–Kier alpha value is -2.99. The Bertz CT molecular complexity index is 1370. The molecule has 6 rings (SSSR count). The highest BCUT2D eigenvalue weighted by Crippen LogP contribution is 2.37. The lowest BCUT2D eigenvalue weighted by molar-refractivity contribution is -0.0315. The Morgan fingerprint density at radius 1 is 0.923 bits per heavy atom. The quantitative estimate of drug-likeness (QED) is 0.275. The van der Waals surface area contributed by atoms with E-state index in [2.05, 4.69) is 75.2 Å². The lowest BCUT2D eigenvalue weighted by Crippen LogP contribution is -2.46. The molecule has 0 bridgehead atoms. The van der Waals surface area contributed by atoms with Crippen molar-refractivity contribution in [3.63, 3.8) is 0 Å². The van der Waals surface area contributed by atoms with E-state index in [0.29, 0.717) is 11.8 Å². The first-order valence-electron chi connectivity index (χ1n) is 14.4. The molecule has 2 saturated heterocycles. The summed E-state index contributed by atoms with van der Waals surface area (Å²) in [6.45, 7) is 4.36. The molecule has 202 valence electrons. The fourth-order valence-corrected chi connectivity index (χ4v) is 7.39. The predicted molar refractivity (Wildman–Crippen MR) is 160 cm³/mol. The highest BCUT2D eigenvalue weighted by molar-refractivity contribution is 7.08. The number of amides is 1. The van der Waals surface area contributed by atoms with Gasteiger partial charge in [0.2, 0.25) is 0 Å². The van der Waals surface area contributed by atoms with Crippen molar-refractivity contribution >= 4 is 28.0 Å². The first-order chi connectivity index (χ1) is 19.1. The summed E-state index contributed by atoms with van der Waals surface area (Å²) < 4.78 is 0. The lowest BCUT2D eigenvalue weighted by atomic mass is 9.84. The van der Waals surface area contributed by atoms with E-state index in [1.54, 1.807) is 11.3 Å². The molecule has 1 N–H and O–H groups in total. The van der Waals surface area contributed by atoms with E-state index in [-0.39, 0.29) is 5.91 Å². The van der Waals surface area contributed by atoms with Gasteiger partial charge in [0, 0.05) is 44.2 Å². The highest BCUT2D eigenvalue weighted by atomic mass is 32.1. The number of aliphatic hydroxyl groups is 1. The van der Waals surface area contributed by atoms with Crippen molar-refractivity contribution in [2.75, 3.05) is 32.7 Å². The highest BCUT2D eigenvalue weighted by Gasteiger charge is 2.39. The minimum Gasteiger partial charge on any atom is -0.390 e. The SMILES string of the molecule is O=C(c1cccc2ccccc12)N1CC(CN2CCC(O)(CCCc3ccccc3)CC2)[C@H](c2ccsc2)C1. The number of likely N-dealkylation sites (tertiary alicyclic amines) is 2. The van der Waals surface area contributed by atoms with E-state index in [9.17, 15) is 9.90 Å². The second kappa shape index (κ2) is 11.6. The lowest BCUT2D eigenvalue weighted by Gasteiger charge is -2.39. The molecule has 0 radical (unpaired) electrons. The molecule has 1 unspecified atom stereocenters. The molecule has 0 saturated carbocycles. The fraction of sp³-hybridized carbons (Fsp3) is 0.382. The third-order valence-corrected chi connectivity index (χ3v) is 9.65. The van der Waals surface area contributed by atoms with Crippen molar-refractivity contribution in [3.8, 4) is 0 Å². The van der Waals surface area contributed by atoms with Crippen LogP contribution in [0.15, 0.2) is 89.6 Å². The third kappa shape index (κ3) is 5.96. The minimum absolute atomic E-state index is 0.140. The Morgan fingerprint density at radius 2 is 1.69 bits per heavy atom. The van der Waals surface area contributed by atoms with Crippen molar-refractivity contribution < 1.29 is 9.90 Å². The normalized spacial score (nSPS) is 21.4. The molecule has 39 heavy (non-hydrogen) atoms. The van der Waals surface area contributed by atoms with Gasteiger partial charge in [-0.3, -0.25) is 4.79 Å². The molecule has 1 amide bonds. The molecule has 4 nitrogen and oxygen atoms in total.